The van der Waals surface area contributed by atoms with Gasteiger partial charge < -0.3 is 0 Å². The Kier molecular flexibility index (Phi) is 5.68. The first-order chi connectivity index (χ1) is 7.59. The van der Waals surface area contributed by atoms with Gasteiger partial charge in [-0.25, -0.2) is 4.98 Å². The molecule has 0 saturated carbocycles. The van der Waals surface area contributed by atoms with Gasteiger partial charge in [0.05, 0.1) is 10.6 Å². The molecule has 0 spiro atoms. The Bertz CT molecular complexity index is 451. The molecular formula is C11H9Cl2NOS. The van der Waals surface area contributed by atoms with Crippen LogP contribution in [0.5, 0.6) is 0 Å². The van der Waals surface area contributed by atoms with E-state index in [0.29, 0.717) is 27.9 Å². The summed E-state index contributed by atoms with van der Waals surface area (Å²) < 4.78 is 0. The number of carbonyl (C=O) groups excluding carboxylic acids is 1. The second-order valence-corrected chi connectivity index (χ2v) is 4.95. The van der Waals surface area contributed by atoms with Gasteiger partial charge in [0.2, 0.25) is 0 Å². The SMILES string of the molecule is CC(=O)SCCC#Cc1cc(Cl)cnc1Cl. The first-order valence-electron chi connectivity index (χ1n) is 4.53. The van der Waals surface area contributed by atoms with Crippen LogP contribution in [0.1, 0.15) is 18.9 Å². The van der Waals surface area contributed by atoms with Gasteiger partial charge in [-0.3, -0.25) is 4.79 Å². The maximum absolute atomic E-state index is 10.6. The van der Waals surface area contributed by atoms with Gasteiger partial charge in [0.25, 0.3) is 0 Å². The Morgan fingerprint density at radius 2 is 2.31 bits per heavy atom. The summed E-state index contributed by atoms with van der Waals surface area (Å²) in [7, 11) is 0. The topological polar surface area (TPSA) is 30.0 Å². The molecule has 1 rings (SSSR count). The van der Waals surface area contributed by atoms with Gasteiger partial charge >= 0.3 is 0 Å². The highest BCUT2D eigenvalue weighted by Gasteiger charge is 1.98. The van der Waals surface area contributed by atoms with Gasteiger partial charge in [-0.2, -0.15) is 0 Å². The molecule has 0 atom stereocenters. The fraction of sp³-hybridized carbons (Fsp3) is 0.273. The van der Waals surface area contributed by atoms with Gasteiger partial charge in [0.1, 0.15) is 5.15 Å². The van der Waals surface area contributed by atoms with E-state index in [1.54, 1.807) is 6.07 Å². The number of hydrogen-bond donors (Lipinski definition) is 0. The molecule has 0 radical (unpaired) electrons. The van der Waals surface area contributed by atoms with Gasteiger partial charge in [0.15, 0.2) is 5.12 Å². The number of nitrogens with zero attached hydrogens (tertiary/aromatic N) is 1. The number of halogens is 2. The van der Waals surface area contributed by atoms with E-state index in [2.05, 4.69) is 16.8 Å². The van der Waals surface area contributed by atoms with Crippen molar-refractivity contribution in [2.24, 2.45) is 0 Å². The molecule has 0 aromatic carbocycles. The van der Waals surface area contributed by atoms with Crippen molar-refractivity contribution in [2.45, 2.75) is 13.3 Å². The largest absolute Gasteiger partial charge is 0.288 e. The van der Waals surface area contributed by atoms with Crippen LogP contribution in [-0.4, -0.2) is 15.9 Å². The van der Waals surface area contributed by atoms with Crippen LogP contribution < -0.4 is 0 Å². The van der Waals surface area contributed by atoms with E-state index in [1.165, 1.54) is 24.9 Å². The second kappa shape index (κ2) is 6.80. The fourth-order valence-corrected chi connectivity index (χ4v) is 1.71. The van der Waals surface area contributed by atoms with Crippen LogP contribution in [0, 0.1) is 11.8 Å². The van der Waals surface area contributed by atoms with Crippen LogP contribution in [-0.2, 0) is 4.79 Å². The monoisotopic (exact) mass is 273 g/mol. The molecule has 16 heavy (non-hydrogen) atoms. The summed E-state index contributed by atoms with van der Waals surface area (Å²) >= 11 is 12.8. The Morgan fingerprint density at radius 1 is 1.56 bits per heavy atom. The Hall–Kier alpha value is -0.690. The highest BCUT2D eigenvalue weighted by atomic mass is 35.5. The average molecular weight is 274 g/mol. The number of carbonyl (C=O) groups is 1. The van der Waals surface area contributed by atoms with Crippen molar-refractivity contribution in [1.29, 1.82) is 0 Å². The standard InChI is InChI=1S/C11H9Cl2NOS/c1-8(15)16-5-3-2-4-9-6-10(12)7-14-11(9)13/h6-7H,3,5H2,1H3. The van der Waals surface area contributed by atoms with Crippen molar-refractivity contribution in [3.63, 3.8) is 0 Å². The summed E-state index contributed by atoms with van der Waals surface area (Å²) in [5.41, 5.74) is 0.613. The zero-order valence-electron chi connectivity index (χ0n) is 8.59. The molecule has 0 N–H and O–H groups in total. The maximum atomic E-state index is 10.6. The minimum atomic E-state index is 0.101. The van der Waals surface area contributed by atoms with Crippen molar-refractivity contribution in [3.8, 4) is 11.8 Å². The average Bonchev–Trinajstić information content (AvgIpc) is 2.22. The Labute approximate surface area is 109 Å². The van der Waals surface area contributed by atoms with Crippen LogP contribution in [0.2, 0.25) is 10.2 Å². The summed E-state index contributed by atoms with van der Waals surface area (Å²) in [6.07, 6.45) is 2.10. The summed E-state index contributed by atoms with van der Waals surface area (Å²) in [6, 6.07) is 1.67. The van der Waals surface area contributed by atoms with Gasteiger partial charge in [-0.05, 0) is 6.07 Å². The van der Waals surface area contributed by atoms with Crippen LogP contribution in [0.3, 0.4) is 0 Å². The maximum Gasteiger partial charge on any atom is 0.185 e. The number of aromatic nitrogens is 1. The van der Waals surface area contributed by atoms with Gasteiger partial charge in [-0.1, -0.05) is 46.8 Å². The Balaban J connectivity index is 2.56. The molecular weight excluding hydrogens is 265 g/mol. The lowest BCUT2D eigenvalue weighted by Gasteiger charge is -1.94. The molecule has 0 amide bonds. The van der Waals surface area contributed by atoms with E-state index in [-0.39, 0.29) is 5.12 Å². The molecule has 1 heterocycles. The lowest BCUT2D eigenvalue weighted by atomic mass is 10.3. The van der Waals surface area contributed by atoms with Crippen molar-refractivity contribution in [1.82, 2.24) is 4.98 Å². The van der Waals surface area contributed by atoms with E-state index < -0.39 is 0 Å². The number of hydrogen-bond acceptors (Lipinski definition) is 3. The van der Waals surface area contributed by atoms with E-state index >= 15 is 0 Å². The number of thioether (sulfide) groups is 1. The lowest BCUT2D eigenvalue weighted by molar-refractivity contribution is -0.109. The molecule has 0 unspecified atom stereocenters. The van der Waals surface area contributed by atoms with Crippen molar-refractivity contribution < 1.29 is 4.79 Å². The van der Waals surface area contributed by atoms with Crippen molar-refractivity contribution >= 4 is 40.1 Å². The summed E-state index contributed by atoms with van der Waals surface area (Å²) in [4.78, 5) is 14.5. The van der Waals surface area contributed by atoms with E-state index in [0.717, 1.165) is 0 Å². The third-order valence-electron chi connectivity index (χ3n) is 1.56. The smallest absolute Gasteiger partial charge is 0.185 e. The highest BCUT2D eigenvalue weighted by molar-refractivity contribution is 8.13. The Morgan fingerprint density at radius 3 is 3.00 bits per heavy atom. The fourth-order valence-electron chi connectivity index (χ4n) is 0.914. The zero-order valence-corrected chi connectivity index (χ0v) is 10.9. The molecule has 0 aliphatic carbocycles. The molecule has 0 saturated heterocycles. The predicted molar refractivity (Wildman–Crippen MR) is 68.9 cm³/mol. The van der Waals surface area contributed by atoms with E-state index in [9.17, 15) is 4.79 Å². The molecule has 0 aliphatic heterocycles. The molecule has 2 nitrogen and oxygen atoms in total. The second-order valence-electron chi connectivity index (χ2n) is 2.88. The van der Waals surface area contributed by atoms with Crippen LogP contribution in [0.25, 0.3) is 0 Å². The molecule has 5 heteroatoms. The predicted octanol–water partition coefficient (Wildman–Crippen LogP) is 3.41. The van der Waals surface area contributed by atoms with Crippen LogP contribution in [0.4, 0.5) is 0 Å². The van der Waals surface area contributed by atoms with Gasteiger partial charge in [0, 0.05) is 25.3 Å². The zero-order chi connectivity index (χ0) is 12.0. The first kappa shape index (κ1) is 13.4. The number of pyridine rings is 1. The normalized spacial score (nSPS) is 9.44. The van der Waals surface area contributed by atoms with Crippen LogP contribution in [0.15, 0.2) is 12.3 Å². The molecule has 0 aliphatic rings. The molecule has 1 aromatic heterocycles. The minimum Gasteiger partial charge on any atom is -0.288 e. The highest BCUT2D eigenvalue weighted by Crippen LogP contribution is 2.16. The van der Waals surface area contributed by atoms with Crippen molar-refractivity contribution in [3.05, 3.63) is 28.0 Å². The third kappa shape index (κ3) is 4.89. The first-order valence-corrected chi connectivity index (χ1v) is 6.27. The molecule has 84 valence electrons. The quantitative estimate of drug-likeness (QED) is 0.470. The number of rotatable bonds is 2. The van der Waals surface area contributed by atoms with E-state index in [1.807, 2.05) is 0 Å². The van der Waals surface area contributed by atoms with E-state index in [4.69, 9.17) is 23.2 Å². The summed E-state index contributed by atoms with van der Waals surface area (Å²) in [6.45, 7) is 1.54. The molecule has 1 aromatic rings. The van der Waals surface area contributed by atoms with Crippen molar-refractivity contribution in [2.75, 3.05) is 5.75 Å². The minimum absolute atomic E-state index is 0.101. The molecule has 0 bridgehead atoms. The van der Waals surface area contributed by atoms with Crippen LogP contribution >= 0.6 is 35.0 Å². The summed E-state index contributed by atoms with van der Waals surface area (Å²) in [5, 5.41) is 0.951. The molecule has 0 fully saturated rings. The summed E-state index contributed by atoms with van der Waals surface area (Å²) in [5.74, 6) is 6.48. The lowest BCUT2D eigenvalue weighted by Crippen LogP contribution is -1.85. The van der Waals surface area contributed by atoms with Gasteiger partial charge in [-0.15, -0.1) is 0 Å². The third-order valence-corrected chi connectivity index (χ3v) is 2.88.